The van der Waals surface area contributed by atoms with Crippen LogP contribution in [0.25, 0.3) is 0 Å². The van der Waals surface area contributed by atoms with E-state index in [1.807, 2.05) is 0 Å². The molecule has 0 bridgehead atoms. The number of amides is 1. The number of aliphatic hydroxyl groups is 1. The predicted molar refractivity (Wildman–Crippen MR) is 69.3 cm³/mol. The summed E-state index contributed by atoms with van der Waals surface area (Å²) in [7, 11) is 0. The number of hydrogen-bond donors (Lipinski definition) is 1. The van der Waals surface area contributed by atoms with Crippen molar-refractivity contribution >= 4 is 23.2 Å². The van der Waals surface area contributed by atoms with E-state index >= 15 is 0 Å². The van der Waals surface area contributed by atoms with Gasteiger partial charge >= 0.3 is 0 Å². The lowest BCUT2D eigenvalue weighted by atomic mass is 10.1. The van der Waals surface area contributed by atoms with Gasteiger partial charge in [0.25, 0.3) is 11.6 Å². The van der Waals surface area contributed by atoms with E-state index in [-0.39, 0.29) is 22.8 Å². The molecule has 0 radical (unpaired) electrons. The highest BCUT2D eigenvalue weighted by atomic mass is 35.5. The van der Waals surface area contributed by atoms with Crippen LogP contribution in [0.1, 0.15) is 23.7 Å². The number of likely N-dealkylation sites (tertiary alicyclic amines) is 1. The predicted octanol–water partition coefficient (Wildman–Crippen LogP) is 1.85. The van der Waals surface area contributed by atoms with Crippen LogP contribution in [0.4, 0.5) is 5.69 Å². The Morgan fingerprint density at radius 3 is 2.79 bits per heavy atom. The van der Waals surface area contributed by atoms with Crippen molar-refractivity contribution < 1.29 is 14.8 Å². The van der Waals surface area contributed by atoms with Crippen LogP contribution >= 0.6 is 11.6 Å². The van der Waals surface area contributed by atoms with Crippen molar-refractivity contribution in [1.29, 1.82) is 0 Å². The summed E-state index contributed by atoms with van der Waals surface area (Å²) in [6, 6.07) is 4.12. The molecule has 1 heterocycles. The summed E-state index contributed by atoms with van der Waals surface area (Å²) in [5, 5.41) is 20.5. The van der Waals surface area contributed by atoms with Crippen LogP contribution in [0.5, 0.6) is 0 Å². The SMILES string of the molecule is CC1(O)CCN(C(=O)c2cccc([N+](=O)[O-])c2Cl)C1. The van der Waals surface area contributed by atoms with Gasteiger partial charge in [-0.1, -0.05) is 17.7 Å². The number of benzene rings is 1. The van der Waals surface area contributed by atoms with Crippen LogP contribution in [0.3, 0.4) is 0 Å². The van der Waals surface area contributed by atoms with Gasteiger partial charge in [-0.05, 0) is 19.4 Å². The summed E-state index contributed by atoms with van der Waals surface area (Å²) < 4.78 is 0. The molecule has 0 aromatic heterocycles. The molecule has 0 saturated carbocycles. The smallest absolute Gasteiger partial charge is 0.288 e. The van der Waals surface area contributed by atoms with E-state index < -0.39 is 16.4 Å². The lowest BCUT2D eigenvalue weighted by Gasteiger charge is -2.19. The number of nitrogens with zero attached hydrogens (tertiary/aromatic N) is 2. The van der Waals surface area contributed by atoms with Crippen LogP contribution in [0.15, 0.2) is 18.2 Å². The Hall–Kier alpha value is -1.66. The quantitative estimate of drug-likeness (QED) is 0.663. The maximum Gasteiger partial charge on any atom is 0.288 e. The van der Waals surface area contributed by atoms with Gasteiger partial charge in [0.1, 0.15) is 5.02 Å². The van der Waals surface area contributed by atoms with Crippen LogP contribution in [0.2, 0.25) is 5.02 Å². The zero-order valence-electron chi connectivity index (χ0n) is 10.3. The number of hydrogen-bond acceptors (Lipinski definition) is 4. The molecular weight excluding hydrogens is 272 g/mol. The largest absolute Gasteiger partial charge is 0.388 e. The number of nitro benzene ring substituents is 1. The highest BCUT2D eigenvalue weighted by molar-refractivity contribution is 6.35. The van der Waals surface area contributed by atoms with E-state index in [2.05, 4.69) is 0 Å². The van der Waals surface area contributed by atoms with Gasteiger partial charge in [-0.15, -0.1) is 0 Å². The van der Waals surface area contributed by atoms with E-state index in [1.165, 1.54) is 23.1 Å². The van der Waals surface area contributed by atoms with Crippen molar-refractivity contribution in [3.63, 3.8) is 0 Å². The van der Waals surface area contributed by atoms with Gasteiger partial charge in [-0.3, -0.25) is 14.9 Å². The molecule has 1 amide bonds. The van der Waals surface area contributed by atoms with Gasteiger partial charge < -0.3 is 10.0 Å². The monoisotopic (exact) mass is 284 g/mol. The number of β-amino-alcohol motifs (C(OH)–C–C–N with tert-alkyl or cyclic N) is 1. The van der Waals surface area contributed by atoms with Crippen LogP contribution < -0.4 is 0 Å². The molecule has 2 rings (SSSR count). The van der Waals surface area contributed by atoms with E-state index in [9.17, 15) is 20.0 Å². The molecule has 102 valence electrons. The first-order valence-corrected chi connectivity index (χ1v) is 6.14. The second kappa shape index (κ2) is 4.79. The summed E-state index contributed by atoms with van der Waals surface area (Å²) >= 11 is 5.90. The molecule has 1 atom stereocenters. The maximum atomic E-state index is 12.2. The molecule has 1 aliphatic rings. The minimum atomic E-state index is -0.914. The van der Waals surface area contributed by atoms with Gasteiger partial charge in [-0.25, -0.2) is 0 Å². The fourth-order valence-corrected chi connectivity index (χ4v) is 2.39. The summed E-state index contributed by atoms with van der Waals surface area (Å²) in [4.78, 5) is 23.8. The number of rotatable bonds is 2. The Kier molecular flexibility index (Phi) is 3.47. The minimum Gasteiger partial charge on any atom is -0.388 e. The molecule has 1 N–H and O–H groups in total. The third kappa shape index (κ3) is 2.69. The average Bonchev–Trinajstić information content (AvgIpc) is 2.69. The summed E-state index contributed by atoms with van der Waals surface area (Å²) in [6.07, 6.45) is 0.477. The topological polar surface area (TPSA) is 83.7 Å². The van der Waals surface area contributed by atoms with E-state index in [0.717, 1.165) is 0 Å². The van der Waals surface area contributed by atoms with E-state index in [0.29, 0.717) is 13.0 Å². The zero-order chi connectivity index (χ0) is 14.2. The Bertz CT molecular complexity index is 545. The van der Waals surface area contributed by atoms with Crippen molar-refractivity contribution in [2.24, 2.45) is 0 Å². The molecule has 1 aromatic carbocycles. The van der Waals surface area contributed by atoms with Gasteiger partial charge in [0.2, 0.25) is 0 Å². The molecule has 1 unspecified atom stereocenters. The van der Waals surface area contributed by atoms with Crippen LogP contribution in [-0.2, 0) is 0 Å². The second-order valence-corrected chi connectivity index (χ2v) is 5.25. The molecule has 1 aliphatic heterocycles. The molecule has 6 nitrogen and oxygen atoms in total. The highest BCUT2D eigenvalue weighted by Crippen LogP contribution is 2.30. The van der Waals surface area contributed by atoms with Crippen molar-refractivity contribution in [2.75, 3.05) is 13.1 Å². The Morgan fingerprint density at radius 1 is 1.58 bits per heavy atom. The number of carbonyl (C=O) groups excluding carboxylic acids is 1. The standard InChI is InChI=1S/C12H13ClN2O4/c1-12(17)5-6-14(7-12)11(16)8-3-2-4-9(10(8)13)15(18)19/h2-4,17H,5-7H2,1H3. The molecular formula is C12H13ClN2O4. The average molecular weight is 285 g/mol. The summed E-state index contributed by atoms with van der Waals surface area (Å²) in [6.45, 7) is 2.25. The Labute approximate surface area is 114 Å². The summed E-state index contributed by atoms with van der Waals surface area (Å²) in [5.41, 5.74) is -1.12. The fraction of sp³-hybridized carbons (Fsp3) is 0.417. The Balaban J connectivity index is 2.30. The number of halogens is 1. The third-order valence-electron chi connectivity index (χ3n) is 3.14. The van der Waals surface area contributed by atoms with Gasteiger partial charge in [-0.2, -0.15) is 0 Å². The zero-order valence-corrected chi connectivity index (χ0v) is 11.1. The number of nitro groups is 1. The molecule has 0 spiro atoms. The van der Waals surface area contributed by atoms with Gasteiger partial charge in [0, 0.05) is 19.2 Å². The first-order valence-electron chi connectivity index (χ1n) is 5.76. The van der Waals surface area contributed by atoms with Crippen molar-refractivity contribution in [3.8, 4) is 0 Å². The summed E-state index contributed by atoms with van der Waals surface area (Å²) in [5.74, 6) is -0.397. The van der Waals surface area contributed by atoms with Gasteiger partial charge in [0.05, 0.1) is 16.1 Å². The molecule has 0 aliphatic carbocycles. The van der Waals surface area contributed by atoms with E-state index in [4.69, 9.17) is 11.6 Å². The van der Waals surface area contributed by atoms with Crippen molar-refractivity contribution in [3.05, 3.63) is 38.9 Å². The second-order valence-electron chi connectivity index (χ2n) is 4.87. The Morgan fingerprint density at radius 2 is 2.26 bits per heavy atom. The third-order valence-corrected chi connectivity index (χ3v) is 3.54. The lowest BCUT2D eigenvalue weighted by molar-refractivity contribution is -0.384. The maximum absolute atomic E-state index is 12.2. The molecule has 1 aromatic rings. The normalized spacial score (nSPS) is 22.6. The van der Waals surface area contributed by atoms with E-state index in [1.54, 1.807) is 6.92 Å². The minimum absolute atomic E-state index is 0.0913. The van der Waals surface area contributed by atoms with Crippen molar-refractivity contribution in [2.45, 2.75) is 18.9 Å². The molecule has 1 fully saturated rings. The molecule has 19 heavy (non-hydrogen) atoms. The first-order chi connectivity index (χ1) is 8.82. The van der Waals surface area contributed by atoms with Gasteiger partial charge in [0.15, 0.2) is 0 Å². The van der Waals surface area contributed by atoms with Crippen molar-refractivity contribution in [1.82, 2.24) is 4.90 Å². The van der Waals surface area contributed by atoms with Crippen LogP contribution in [0, 0.1) is 10.1 Å². The number of carbonyl (C=O) groups is 1. The first kappa shape index (κ1) is 13.8. The lowest BCUT2D eigenvalue weighted by Crippen LogP contribution is -2.34. The fourth-order valence-electron chi connectivity index (χ4n) is 2.11. The highest BCUT2D eigenvalue weighted by Gasteiger charge is 2.35. The van der Waals surface area contributed by atoms with Crippen LogP contribution in [-0.4, -0.2) is 39.5 Å². The molecule has 1 saturated heterocycles. The molecule has 7 heteroatoms.